The van der Waals surface area contributed by atoms with Crippen LogP contribution in [0.3, 0.4) is 0 Å². The molecule has 2 aromatic rings. The van der Waals surface area contributed by atoms with Gasteiger partial charge in [0.25, 0.3) is 0 Å². The molecule has 2 saturated carbocycles. The van der Waals surface area contributed by atoms with Gasteiger partial charge in [0.15, 0.2) is 0 Å². The quantitative estimate of drug-likeness (QED) is 0.543. The van der Waals surface area contributed by atoms with E-state index in [-0.39, 0.29) is 30.8 Å². The van der Waals surface area contributed by atoms with Gasteiger partial charge in [-0.15, -0.1) is 0 Å². The SMILES string of the molecule is Cc1nc(-c2[nH]cc(N)c2COC(=O)N(C)C2CCCC2)ccc1O[C@H]1CCC[C@H](C(=O)O)C1. The maximum atomic E-state index is 12.5. The van der Waals surface area contributed by atoms with E-state index in [1.807, 2.05) is 19.1 Å². The zero-order valence-electron chi connectivity index (χ0n) is 19.9. The number of carbonyl (C=O) groups excluding carboxylic acids is 1. The largest absolute Gasteiger partial charge is 0.489 e. The fourth-order valence-electron chi connectivity index (χ4n) is 5.00. The average molecular weight is 471 g/mol. The Morgan fingerprint density at radius 3 is 2.68 bits per heavy atom. The highest BCUT2D eigenvalue weighted by atomic mass is 16.6. The maximum absolute atomic E-state index is 12.5. The molecule has 9 nitrogen and oxygen atoms in total. The fraction of sp³-hybridized carbons (Fsp3) is 0.560. The number of ether oxygens (including phenoxy) is 2. The van der Waals surface area contributed by atoms with Gasteiger partial charge in [0.1, 0.15) is 12.4 Å². The van der Waals surface area contributed by atoms with Gasteiger partial charge in [-0.3, -0.25) is 4.79 Å². The second kappa shape index (κ2) is 10.4. The number of nitrogens with one attached hydrogen (secondary N) is 1. The van der Waals surface area contributed by atoms with Crippen LogP contribution in [0.15, 0.2) is 18.3 Å². The molecule has 0 spiro atoms. The highest BCUT2D eigenvalue weighted by Gasteiger charge is 2.29. The predicted octanol–water partition coefficient (Wildman–Crippen LogP) is 4.50. The molecule has 1 amide bonds. The molecule has 9 heteroatoms. The number of carboxylic acid groups (broad SMARTS) is 1. The van der Waals surface area contributed by atoms with Gasteiger partial charge < -0.3 is 30.2 Å². The van der Waals surface area contributed by atoms with E-state index >= 15 is 0 Å². The van der Waals surface area contributed by atoms with E-state index in [4.69, 9.17) is 15.2 Å². The summed E-state index contributed by atoms with van der Waals surface area (Å²) in [5.41, 5.74) is 9.42. The van der Waals surface area contributed by atoms with Crippen molar-refractivity contribution in [1.82, 2.24) is 14.9 Å². The van der Waals surface area contributed by atoms with E-state index in [1.165, 1.54) is 0 Å². The first-order chi connectivity index (χ1) is 16.3. The van der Waals surface area contributed by atoms with Crippen LogP contribution in [0.1, 0.15) is 62.6 Å². The number of carbonyl (C=O) groups is 2. The standard InChI is InChI=1S/C25H34N4O5/c1-15-22(34-18-9-5-6-16(12-18)24(30)31)11-10-21(28-15)23-19(20(26)13-27-23)14-33-25(32)29(2)17-7-3-4-8-17/h10-11,13,16-18,27H,3-9,12,14,26H2,1-2H3,(H,30,31)/t16-,18-/m0/s1. The van der Waals surface area contributed by atoms with Crippen molar-refractivity contribution in [2.24, 2.45) is 5.92 Å². The summed E-state index contributed by atoms with van der Waals surface area (Å²) in [6, 6.07) is 3.92. The first kappa shape index (κ1) is 23.9. The third-order valence-electron chi connectivity index (χ3n) is 7.09. The Kier molecular flexibility index (Phi) is 7.29. The molecule has 0 aliphatic heterocycles. The minimum Gasteiger partial charge on any atom is -0.489 e. The lowest BCUT2D eigenvalue weighted by Crippen LogP contribution is -2.35. The van der Waals surface area contributed by atoms with E-state index in [2.05, 4.69) is 9.97 Å². The Bertz CT molecular complexity index is 1030. The third kappa shape index (κ3) is 5.29. The van der Waals surface area contributed by atoms with Crippen molar-refractivity contribution in [3.63, 3.8) is 0 Å². The normalized spacial score (nSPS) is 20.8. The van der Waals surface area contributed by atoms with Crippen molar-refractivity contribution < 1.29 is 24.2 Å². The van der Waals surface area contributed by atoms with Gasteiger partial charge in [0, 0.05) is 24.8 Å². The molecular formula is C25H34N4O5. The van der Waals surface area contributed by atoms with E-state index in [0.717, 1.165) is 38.5 Å². The lowest BCUT2D eigenvalue weighted by Gasteiger charge is -2.27. The zero-order valence-corrected chi connectivity index (χ0v) is 19.9. The summed E-state index contributed by atoms with van der Waals surface area (Å²) >= 11 is 0. The summed E-state index contributed by atoms with van der Waals surface area (Å²) in [7, 11) is 1.79. The first-order valence-corrected chi connectivity index (χ1v) is 12.1. The lowest BCUT2D eigenvalue weighted by atomic mass is 9.87. The van der Waals surface area contributed by atoms with Crippen molar-refractivity contribution in [1.29, 1.82) is 0 Å². The Labute approximate surface area is 199 Å². The number of anilines is 1. The molecule has 2 aromatic heterocycles. The number of nitrogens with two attached hydrogens (primary N) is 1. The van der Waals surface area contributed by atoms with Crippen molar-refractivity contribution in [3.8, 4) is 17.1 Å². The number of aryl methyl sites for hydroxylation is 1. The van der Waals surface area contributed by atoms with Crippen LogP contribution in [0.4, 0.5) is 10.5 Å². The van der Waals surface area contributed by atoms with Crippen LogP contribution in [0.25, 0.3) is 11.4 Å². The number of amides is 1. The second-order valence-electron chi connectivity index (χ2n) is 9.42. The molecule has 4 N–H and O–H groups in total. The third-order valence-corrected chi connectivity index (χ3v) is 7.09. The van der Waals surface area contributed by atoms with Crippen molar-refractivity contribution in [2.45, 2.75) is 77.0 Å². The number of aliphatic carboxylic acids is 1. The number of nitrogens with zero attached hydrogens (tertiary/aromatic N) is 2. The molecule has 184 valence electrons. The topological polar surface area (TPSA) is 131 Å². The molecule has 0 unspecified atom stereocenters. The number of aromatic amines is 1. The molecule has 2 heterocycles. The summed E-state index contributed by atoms with van der Waals surface area (Å²) in [6.45, 7) is 1.91. The molecule has 2 aliphatic carbocycles. The summed E-state index contributed by atoms with van der Waals surface area (Å²) < 4.78 is 11.7. The number of hydrogen-bond acceptors (Lipinski definition) is 6. The average Bonchev–Trinajstić information content (AvgIpc) is 3.48. The highest BCUT2D eigenvalue weighted by Crippen LogP contribution is 2.32. The molecular weight excluding hydrogens is 436 g/mol. The van der Waals surface area contributed by atoms with E-state index < -0.39 is 5.97 Å². The van der Waals surface area contributed by atoms with Crippen molar-refractivity contribution in [2.75, 3.05) is 12.8 Å². The number of aromatic nitrogens is 2. The van der Waals surface area contributed by atoms with Crippen LogP contribution in [0.2, 0.25) is 0 Å². The molecule has 34 heavy (non-hydrogen) atoms. The number of rotatable bonds is 7. The van der Waals surface area contributed by atoms with Gasteiger partial charge in [-0.2, -0.15) is 0 Å². The molecule has 2 atom stereocenters. The maximum Gasteiger partial charge on any atom is 0.410 e. The van der Waals surface area contributed by atoms with Gasteiger partial charge in [0.2, 0.25) is 0 Å². The highest BCUT2D eigenvalue weighted by molar-refractivity contribution is 5.71. The smallest absolute Gasteiger partial charge is 0.410 e. The summed E-state index contributed by atoms with van der Waals surface area (Å²) in [5, 5.41) is 9.31. The van der Waals surface area contributed by atoms with E-state index in [1.54, 1.807) is 18.1 Å². The number of nitrogen functional groups attached to an aromatic ring is 1. The molecule has 2 aliphatic rings. The van der Waals surface area contributed by atoms with Gasteiger partial charge >= 0.3 is 12.1 Å². The number of hydrogen-bond donors (Lipinski definition) is 3. The molecule has 0 saturated heterocycles. The first-order valence-electron chi connectivity index (χ1n) is 12.1. The number of H-pyrrole nitrogens is 1. The Balaban J connectivity index is 1.43. The molecule has 0 aromatic carbocycles. The second-order valence-corrected chi connectivity index (χ2v) is 9.42. The van der Waals surface area contributed by atoms with Gasteiger partial charge in [-0.05, 0) is 57.6 Å². The predicted molar refractivity (Wildman–Crippen MR) is 127 cm³/mol. The molecule has 4 rings (SSSR count). The van der Waals surface area contributed by atoms with Gasteiger partial charge in [-0.1, -0.05) is 12.8 Å². The Morgan fingerprint density at radius 2 is 1.97 bits per heavy atom. The minimum absolute atomic E-state index is 0.0538. The number of carboxylic acids is 1. The van der Waals surface area contributed by atoms with Crippen LogP contribution in [0, 0.1) is 12.8 Å². The minimum atomic E-state index is -0.759. The van der Waals surface area contributed by atoms with Crippen LogP contribution in [-0.2, 0) is 16.1 Å². The fourth-order valence-corrected chi connectivity index (χ4v) is 5.00. The summed E-state index contributed by atoms with van der Waals surface area (Å²) in [6.07, 6.45) is 8.39. The van der Waals surface area contributed by atoms with Crippen LogP contribution < -0.4 is 10.5 Å². The van der Waals surface area contributed by atoms with Crippen molar-refractivity contribution >= 4 is 17.7 Å². The monoisotopic (exact) mass is 470 g/mol. The Hall–Kier alpha value is -3.23. The van der Waals surface area contributed by atoms with Crippen LogP contribution in [0.5, 0.6) is 5.75 Å². The lowest BCUT2D eigenvalue weighted by molar-refractivity contribution is -0.143. The van der Waals surface area contributed by atoms with Crippen LogP contribution in [-0.4, -0.2) is 51.2 Å². The van der Waals surface area contributed by atoms with Gasteiger partial charge in [0.05, 0.1) is 34.8 Å². The molecule has 2 fully saturated rings. The molecule has 0 radical (unpaired) electrons. The summed E-state index contributed by atoms with van der Waals surface area (Å²) in [5.74, 6) is -0.470. The Morgan fingerprint density at radius 1 is 1.21 bits per heavy atom. The van der Waals surface area contributed by atoms with E-state index in [0.29, 0.717) is 46.9 Å². The van der Waals surface area contributed by atoms with Crippen molar-refractivity contribution in [3.05, 3.63) is 29.6 Å². The molecule has 0 bridgehead atoms. The number of pyridine rings is 1. The van der Waals surface area contributed by atoms with Crippen LogP contribution >= 0.6 is 0 Å². The zero-order chi connectivity index (χ0) is 24.2. The van der Waals surface area contributed by atoms with Gasteiger partial charge in [-0.25, -0.2) is 9.78 Å². The van der Waals surface area contributed by atoms with E-state index in [9.17, 15) is 14.7 Å². The summed E-state index contributed by atoms with van der Waals surface area (Å²) in [4.78, 5) is 33.4.